The summed E-state index contributed by atoms with van der Waals surface area (Å²) in [6, 6.07) is 15.5. The van der Waals surface area contributed by atoms with Crippen LogP contribution in [-0.4, -0.2) is 0 Å². The van der Waals surface area contributed by atoms with E-state index in [1.807, 2.05) is 49.4 Å². The van der Waals surface area contributed by atoms with E-state index in [9.17, 15) is 0 Å². The predicted octanol–water partition coefficient (Wildman–Crippen LogP) is 3.06. The van der Waals surface area contributed by atoms with Crippen LogP contribution in [-0.2, 0) is 6.54 Å². The molecule has 0 aliphatic carbocycles. The molecule has 18 heavy (non-hydrogen) atoms. The van der Waals surface area contributed by atoms with Crippen molar-refractivity contribution in [1.82, 2.24) is 0 Å². The molecule has 2 rings (SSSR count). The second-order valence-corrected chi connectivity index (χ2v) is 4.24. The van der Waals surface area contributed by atoms with Gasteiger partial charge >= 0.3 is 0 Å². The molecule has 0 heterocycles. The van der Waals surface area contributed by atoms with E-state index in [-0.39, 0.29) is 0 Å². The van der Waals surface area contributed by atoms with Crippen LogP contribution in [0.1, 0.15) is 16.7 Å². The second kappa shape index (κ2) is 5.24. The summed E-state index contributed by atoms with van der Waals surface area (Å²) in [5, 5.41) is 12.1. The Labute approximate surface area is 107 Å². The highest BCUT2D eigenvalue weighted by molar-refractivity contribution is 5.54. The SMILES string of the molecule is Cc1cc(C#N)ccc1NCc1cccc(N)c1. The number of nitrogens with one attached hydrogen (secondary N) is 1. The Morgan fingerprint density at radius 1 is 1.22 bits per heavy atom. The molecular formula is C15H15N3. The summed E-state index contributed by atoms with van der Waals surface area (Å²) in [5.41, 5.74) is 10.4. The largest absolute Gasteiger partial charge is 0.399 e. The van der Waals surface area contributed by atoms with Crippen LogP contribution in [0, 0.1) is 18.3 Å². The molecule has 3 heteroatoms. The monoisotopic (exact) mass is 237 g/mol. The van der Waals surface area contributed by atoms with Gasteiger partial charge in [-0.05, 0) is 48.4 Å². The van der Waals surface area contributed by atoms with Crippen LogP contribution in [0.15, 0.2) is 42.5 Å². The maximum Gasteiger partial charge on any atom is 0.0991 e. The Morgan fingerprint density at radius 3 is 2.72 bits per heavy atom. The number of aryl methyl sites for hydroxylation is 1. The molecule has 0 spiro atoms. The molecule has 2 aromatic carbocycles. The number of hydrogen-bond acceptors (Lipinski definition) is 3. The molecule has 0 saturated carbocycles. The van der Waals surface area contributed by atoms with Crippen LogP contribution < -0.4 is 11.1 Å². The lowest BCUT2D eigenvalue weighted by atomic mass is 10.1. The number of rotatable bonds is 3. The molecule has 90 valence electrons. The third kappa shape index (κ3) is 2.80. The average Bonchev–Trinajstić information content (AvgIpc) is 2.37. The number of nitrogens with two attached hydrogens (primary N) is 1. The Hall–Kier alpha value is -2.47. The van der Waals surface area contributed by atoms with Crippen molar-refractivity contribution in [3.63, 3.8) is 0 Å². The van der Waals surface area contributed by atoms with Crippen molar-refractivity contribution in [3.8, 4) is 6.07 Å². The molecule has 0 unspecified atom stereocenters. The smallest absolute Gasteiger partial charge is 0.0991 e. The molecule has 2 aromatic rings. The molecule has 0 fully saturated rings. The maximum atomic E-state index is 8.81. The second-order valence-electron chi connectivity index (χ2n) is 4.24. The van der Waals surface area contributed by atoms with Gasteiger partial charge in [0.1, 0.15) is 0 Å². The first-order valence-corrected chi connectivity index (χ1v) is 5.78. The molecule has 0 atom stereocenters. The summed E-state index contributed by atoms with van der Waals surface area (Å²) < 4.78 is 0. The first kappa shape index (κ1) is 12.0. The van der Waals surface area contributed by atoms with E-state index in [4.69, 9.17) is 11.0 Å². The zero-order valence-corrected chi connectivity index (χ0v) is 10.3. The van der Waals surface area contributed by atoms with Crippen LogP contribution in [0.25, 0.3) is 0 Å². The normalized spacial score (nSPS) is 9.78. The van der Waals surface area contributed by atoms with Gasteiger partial charge in [-0.3, -0.25) is 0 Å². The topological polar surface area (TPSA) is 61.8 Å². The highest BCUT2D eigenvalue weighted by Gasteiger charge is 2.00. The quantitative estimate of drug-likeness (QED) is 0.806. The van der Waals surface area contributed by atoms with Gasteiger partial charge in [-0.25, -0.2) is 0 Å². The molecule has 0 aromatic heterocycles. The molecule has 0 bridgehead atoms. The first-order valence-electron chi connectivity index (χ1n) is 5.78. The summed E-state index contributed by atoms with van der Waals surface area (Å²) in [7, 11) is 0. The van der Waals surface area contributed by atoms with E-state index in [2.05, 4.69) is 11.4 Å². The van der Waals surface area contributed by atoms with E-state index in [0.29, 0.717) is 5.56 Å². The van der Waals surface area contributed by atoms with Gasteiger partial charge in [-0.2, -0.15) is 5.26 Å². The number of benzene rings is 2. The summed E-state index contributed by atoms with van der Waals surface area (Å²) in [5.74, 6) is 0. The van der Waals surface area contributed by atoms with Crippen LogP contribution in [0.3, 0.4) is 0 Å². The van der Waals surface area contributed by atoms with Crippen molar-refractivity contribution in [2.24, 2.45) is 0 Å². The fourth-order valence-corrected chi connectivity index (χ4v) is 1.83. The van der Waals surface area contributed by atoms with Crippen molar-refractivity contribution in [2.45, 2.75) is 13.5 Å². The maximum absolute atomic E-state index is 8.81. The lowest BCUT2D eigenvalue weighted by Gasteiger charge is -2.10. The van der Waals surface area contributed by atoms with E-state index >= 15 is 0 Å². The standard InChI is InChI=1S/C15H15N3/c1-11-7-12(9-16)5-6-15(11)18-10-13-3-2-4-14(17)8-13/h2-8,18H,10,17H2,1H3. The predicted molar refractivity (Wildman–Crippen MR) is 74.1 cm³/mol. The van der Waals surface area contributed by atoms with Gasteiger partial charge in [-0.15, -0.1) is 0 Å². The minimum absolute atomic E-state index is 0.682. The third-order valence-corrected chi connectivity index (χ3v) is 2.79. The van der Waals surface area contributed by atoms with Crippen molar-refractivity contribution in [3.05, 3.63) is 59.2 Å². The van der Waals surface area contributed by atoms with Gasteiger partial charge in [0.25, 0.3) is 0 Å². The minimum atomic E-state index is 0.682. The van der Waals surface area contributed by atoms with Crippen molar-refractivity contribution >= 4 is 11.4 Å². The van der Waals surface area contributed by atoms with E-state index in [1.165, 1.54) is 0 Å². The number of nitriles is 1. The lowest BCUT2D eigenvalue weighted by Crippen LogP contribution is -2.01. The minimum Gasteiger partial charge on any atom is -0.399 e. The Bertz CT molecular complexity index is 597. The van der Waals surface area contributed by atoms with E-state index < -0.39 is 0 Å². The molecule has 0 aliphatic rings. The molecule has 0 saturated heterocycles. The number of anilines is 2. The van der Waals surface area contributed by atoms with Gasteiger partial charge < -0.3 is 11.1 Å². The Kier molecular flexibility index (Phi) is 3.49. The summed E-state index contributed by atoms with van der Waals surface area (Å²) in [6.07, 6.45) is 0. The zero-order chi connectivity index (χ0) is 13.0. The number of nitrogen functional groups attached to an aromatic ring is 1. The van der Waals surface area contributed by atoms with Gasteiger partial charge in [0.05, 0.1) is 11.6 Å². The molecule has 3 nitrogen and oxygen atoms in total. The fourth-order valence-electron chi connectivity index (χ4n) is 1.83. The lowest BCUT2D eigenvalue weighted by molar-refractivity contribution is 1.14. The molecule has 3 N–H and O–H groups in total. The highest BCUT2D eigenvalue weighted by atomic mass is 14.9. The number of hydrogen-bond donors (Lipinski definition) is 2. The Balaban J connectivity index is 2.09. The zero-order valence-electron chi connectivity index (χ0n) is 10.3. The summed E-state index contributed by atoms with van der Waals surface area (Å²) in [6.45, 7) is 2.71. The van der Waals surface area contributed by atoms with E-state index in [1.54, 1.807) is 0 Å². The third-order valence-electron chi connectivity index (χ3n) is 2.79. The summed E-state index contributed by atoms with van der Waals surface area (Å²) >= 11 is 0. The first-order chi connectivity index (χ1) is 8.69. The van der Waals surface area contributed by atoms with Crippen LogP contribution >= 0.6 is 0 Å². The van der Waals surface area contributed by atoms with Gasteiger partial charge in [0.2, 0.25) is 0 Å². The molecule has 0 radical (unpaired) electrons. The fraction of sp³-hybridized carbons (Fsp3) is 0.133. The molecule has 0 amide bonds. The van der Waals surface area contributed by atoms with Gasteiger partial charge in [0, 0.05) is 17.9 Å². The van der Waals surface area contributed by atoms with Crippen LogP contribution in [0.5, 0.6) is 0 Å². The van der Waals surface area contributed by atoms with Crippen LogP contribution in [0.4, 0.5) is 11.4 Å². The van der Waals surface area contributed by atoms with Gasteiger partial charge in [0.15, 0.2) is 0 Å². The summed E-state index contributed by atoms with van der Waals surface area (Å²) in [4.78, 5) is 0. The highest BCUT2D eigenvalue weighted by Crippen LogP contribution is 2.17. The van der Waals surface area contributed by atoms with Gasteiger partial charge in [-0.1, -0.05) is 12.1 Å². The van der Waals surface area contributed by atoms with Crippen molar-refractivity contribution in [1.29, 1.82) is 5.26 Å². The Morgan fingerprint density at radius 2 is 2.06 bits per heavy atom. The van der Waals surface area contributed by atoms with E-state index in [0.717, 1.165) is 29.0 Å². The van der Waals surface area contributed by atoms with Crippen LogP contribution in [0.2, 0.25) is 0 Å². The molecule has 0 aliphatic heterocycles. The average molecular weight is 237 g/mol. The van der Waals surface area contributed by atoms with Crippen molar-refractivity contribution in [2.75, 3.05) is 11.1 Å². The number of nitrogens with zero attached hydrogens (tertiary/aromatic N) is 1. The molecular weight excluding hydrogens is 222 g/mol. The van der Waals surface area contributed by atoms with Crippen molar-refractivity contribution < 1.29 is 0 Å².